The standard InChI is InChI=1S/C2H4P2/c3-1-2-4/h1-4H. The summed E-state index contributed by atoms with van der Waals surface area (Å²) >= 11 is 0. The highest BCUT2D eigenvalue weighted by Gasteiger charge is 1.31. The van der Waals surface area contributed by atoms with Crippen LogP contribution in [0, 0.1) is 0 Å². The van der Waals surface area contributed by atoms with E-state index in [0.717, 1.165) is 0 Å². The molecule has 0 amide bonds. The highest BCUT2D eigenvalue weighted by atomic mass is 31.0. The Hall–Kier alpha value is 0.340. The molecule has 0 aromatic carbocycles. The van der Waals surface area contributed by atoms with Crippen LogP contribution in [0.25, 0.3) is 0 Å². The van der Waals surface area contributed by atoms with Gasteiger partial charge in [0.05, 0.1) is 0 Å². The summed E-state index contributed by atoms with van der Waals surface area (Å²) in [5.74, 6) is 3.44. The molecule has 0 aliphatic heterocycles. The third-order valence-electron chi connectivity index (χ3n) is 0.0833. The van der Waals surface area contributed by atoms with Crippen LogP contribution in [0.4, 0.5) is 0 Å². The van der Waals surface area contributed by atoms with Crippen molar-refractivity contribution in [3.05, 3.63) is 0 Å². The Morgan fingerprint density at radius 1 is 1.00 bits per heavy atom. The van der Waals surface area contributed by atoms with E-state index in [4.69, 9.17) is 0 Å². The van der Waals surface area contributed by atoms with Gasteiger partial charge in [0.25, 0.3) is 0 Å². The molecule has 0 fully saturated rings. The zero-order chi connectivity index (χ0) is 3.41. The lowest BCUT2D eigenvalue weighted by Crippen LogP contribution is -1.49. The summed E-state index contributed by atoms with van der Waals surface area (Å²) < 4.78 is 0. The normalized spacial score (nSPS) is 5.00. The van der Waals surface area contributed by atoms with E-state index in [1.165, 1.54) is 0 Å². The molecule has 0 saturated heterocycles. The maximum absolute atomic E-state index is 3.06. The van der Waals surface area contributed by atoms with Gasteiger partial charge in [0.1, 0.15) is 0 Å². The van der Waals surface area contributed by atoms with Crippen LogP contribution >= 0.6 is 17.7 Å². The van der Waals surface area contributed by atoms with Gasteiger partial charge in [-0.05, 0) is 11.6 Å². The van der Waals surface area contributed by atoms with E-state index < -0.39 is 0 Å². The molecule has 0 radical (unpaired) electrons. The van der Waals surface area contributed by atoms with Gasteiger partial charge in [0.15, 0.2) is 0 Å². The summed E-state index contributed by atoms with van der Waals surface area (Å²) in [4.78, 5) is 0. The SMILES string of the molecule is P=CC=P. The molecule has 22 valence electrons. The van der Waals surface area contributed by atoms with Gasteiger partial charge in [0, 0.05) is 0 Å². The molecular weight excluding hydrogens is 86.0 g/mol. The van der Waals surface area contributed by atoms with Crippen molar-refractivity contribution in [2.45, 2.75) is 0 Å². The largest absolute Gasteiger partial charge is 0.122 e. The quantitative estimate of drug-likeness (QED) is 0.419. The van der Waals surface area contributed by atoms with Crippen molar-refractivity contribution in [1.82, 2.24) is 0 Å². The van der Waals surface area contributed by atoms with Gasteiger partial charge in [-0.15, -0.1) is 17.7 Å². The van der Waals surface area contributed by atoms with Gasteiger partial charge < -0.3 is 0 Å². The molecule has 2 heteroatoms. The van der Waals surface area contributed by atoms with E-state index >= 15 is 0 Å². The number of hydrogen-bond acceptors (Lipinski definition) is 0. The number of hydrogen-bond donors (Lipinski definition) is 0. The van der Waals surface area contributed by atoms with Gasteiger partial charge in [-0.1, -0.05) is 0 Å². The molecule has 0 atom stereocenters. The van der Waals surface area contributed by atoms with E-state index in [-0.39, 0.29) is 0 Å². The molecule has 0 aliphatic carbocycles. The summed E-state index contributed by atoms with van der Waals surface area (Å²) in [5.41, 5.74) is 0. The first-order valence-electron chi connectivity index (χ1n) is 0.911. The third-order valence-corrected chi connectivity index (χ3v) is 0.750. The van der Waals surface area contributed by atoms with Crippen LogP contribution in [-0.4, -0.2) is 11.6 Å². The van der Waals surface area contributed by atoms with Gasteiger partial charge in [0.2, 0.25) is 0 Å². The maximum Gasteiger partial charge on any atom is -0.0379 e. The second-order valence-electron chi connectivity index (χ2n) is 0.333. The highest BCUT2D eigenvalue weighted by molar-refractivity contribution is 7.31. The molecule has 0 spiro atoms. The molecule has 0 N–H and O–H groups in total. The van der Waals surface area contributed by atoms with Crippen LogP contribution in [0.1, 0.15) is 0 Å². The van der Waals surface area contributed by atoms with Crippen molar-refractivity contribution in [2.24, 2.45) is 0 Å². The molecule has 0 heterocycles. The van der Waals surface area contributed by atoms with E-state index in [0.29, 0.717) is 0 Å². The van der Waals surface area contributed by atoms with E-state index in [1.54, 1.807) is 11.6 Å². The van der Waals surface area contributed by atoms with Crippen LogP contribution < -0.4 is 0 Å². The summed E-state index contributed by atoms with van der Waals surface area (Å²) in [6.45, 7) is 0. The van der Waals surface area contributed by atoms with Gasteiger partial charge in [-0.3, -0.25) is 0 Å². The third kappa shape index (κ3) is 2.34. The van der Waals surface area contributed by atoms with Crippen molar-refractivity contribution < 1.29 is 0 Å². The molecule has 0 aliphatic rings. The van der Waals surface area contributed by atoms with E-state index in [9.17, 15) is 0 Å². The monoisotopic (exact) mass is 90.0 g/mol. The molecule has 0 aromatic heterocycles. The Morgan fingerprint density at radius 3 is 1.25 bits per heavy atom. The zero-order valence-corrected chi connectivity index (χ0v) is 4.15. The van der Waals surface area contributed by atoms with Gasteiger partial charge in [-0.2, -0.15) is 0 Å². The van der Waals surface area contributed by atoms with Gasteiger partial charge >= 0.3 is 0 Å². The van der Waals surface area contributed by atoms with Gasteiger partial charge in [-0.25, -0.2) is 0 Å². The molecule has 4 heavy (non-hydrogen) atoms. The average Bonchev–Trinajstić information content (AvgIpc) is 1.37. The number of rotatable bonds is 1. The topological polar surface area (TPSA) is 0 Å². The smallest absolute Gasteiger partial charge is 0.0379 e. The minimum atomic E-state index is 1.72. The maximum atomic E-state index is 3.06. The molecule has 0 saturated carbocycles. The second-order valence-corrected chi connectivity index (χ2v) is 1.00. The minimum Gasteiger partial charge on any atom is -0.122 e. The average molecular weight is 90.0 g/mol. The Kier molecular flexibility index (Phi) is 3.62. The van der Waals surface area contributed by atoms with Crippen LogP contribution in [-0.2, 0) is 0 Å². The van der Waals surface area contributed by atoms with Crippen molar-refractivity contribution in [1.29, 1.82) is 0 Å². The lowest BCUT2D eigenvalue weighted by molar-refractivity contribution is 3.84. The fourth-order valence-electron chi connectivity index (χ4n) is 0. The first-order valence-corrected chi connectivity index (χ1v) is 2.07. The summed E-state index contributed by atoms with van der Waals surface area (Å²) in [6, 6.07) is 0. The van der Waals surface area contributed by atoms with Crippen LogP contribution in [0.2, 0.25) is 0 Å². The Labute approximate surface area is 30.3 Å². The van der Waals surface area contributed by atoms with Crippen molar-refractivity contribution in [2.75, 3.05) is 0 Å². The second kappa shape index (κ2) is 3.34. The molecule has 0 rings (SSSR count). The minimum absolute atomic E-state index is 1.72. The first kappa shape index (κ1) is 4.34. The molecule has 0 nitrogen and oxygen atoms in total. The highest BCUT2D eigenvalue weighted by Crippen LogP contribution is 1.50. The molecular formula is C2H4P2. The Morgan fingerprint density at radius 2 is 1.25 bits per heavy atom. The molecule has 0 aromatic rings. The lowest BCUT2D eigenvalue weighted by atomic mass is 11.0. The van der Waals surface area contributed by atoms with E-state index in [1.807, 2.05) is 0 Å². The summed E-state index contributed by atoms with van der Waals surface area (Å²) in [6.07, 6.45) is 0. The van der Waals surface area contributed by atoms with Crippen LogP contribution in [0.3, 0.4) is 0 Å². The first-order chi connectivity index (χ1) is 1.91. The predicted octanol–water partition coefficient (Wildman–Crippen LogP) is 0.876. The lowest BCUT2D eigenvalue weighted by Gasteiger charge is -1.42. The van der Waals surface area contributed by atoms with E-state index in [2.05, 4.69) is 17.7 Å². The Balaban J connectivity index is 2.73. The fraction of sp³-hybridized carbons (Fsp3) is 0. The molecule has 0 unspecified atom stereocenters. The van der Waals surface area contributed by atoms with Crippen molar-refractivity contribution in [3.8, 4) is 0 Å². The van der Waals surface area contributed by atoms with Crippen LogP contribution in [0.15, 0.2) is 0 Å². The van der Waals surface area contributed by atoms with Crippen molar-refractivity contribution >= 4 is 29.3 Å². The summed E-state index contributed by atoms with van der Waals surface area (Å²) in [5, 5.41) is 0. The fourth-order valence-corrected chi connectivity index (χ4v) is 0. The molecule has 0 bridgehead atoms. The Bertz CT molecular complexity index is 25.0. The van der Waals surface area contributed by atoms with Crippen LogP contribution in [0.5, 0.6) is 0 Å². The van der Waals surface area contributed by atoms with Crippen molar-refractivity contribution in [3.63, 3.8) is 0 Å². The zero-order valence-electron chi connectivity index (χ0n) is 2.15. The predicted molar refractivity (Wildman–Crippen MR) is 28.8 cm³/mol. The summed E-state index contributed by atoms with van der Waals surface area (Å²) in [7, 11) is 6.12.